The Labute approximate surface area is 130 Å². The number of thiophene rings is 1. The van der Waals surface area contributed by atoms with Crippen LogP contribution in [0.3, 0.4) is 0 Å². The van der Waals surface area contributed by atoms with E-state index in [4.69, 9.17) is 9.47 Å². The fourth-order valence-electron chi connectivity index (χ4n) is 2.41. The Morgan fingerprint density at radius 1 is 1.14 bits per heavy atom. The van der Waals surface area contributed by atoms with Crippen molar-refractivity contribution in [3.8, 4) is 16.2 Å². The lowest BCUT2D eigenvalue weighted by Gasteiger charge is -2.26. The third-order valence-electron chi connectivity index (χ3n) is 3.60. The number of hydrogen-bond donors (Lipinski definition) is 0. The van der Waals surface area contributed by atoms with Crippen molar-refractivity contribution >= 4 is 11.3 Å². The summed E-state index contributed by atoms with van der Waals surface area (Å²) in [6.07, 6.45) is 1.06. The number of morpholine rings is 1. The van der Waals surface area contributed by atoms with Gasteiger partial charge in [-0.15, -0.1) is 11.3 Å². The second-order valence-corrected chi connectivity index (χ2v) is 5.98. The molecule has 0 saturated carbocycles. The molecule has 21 heavy (non-hydrogen) atoms. The minimum absolute atomic E-state index is 0.767. The molecule has 111 valence electrons. The van der Waals surface area contributed by atoms with Crippen molar-refractivity contribution in [2.24, 2.45) is 0 Å². The topological polar surface area (TPSA) is 21.7 Å². The van der Waals surface area contributed by atoms with Gasteiger partial charge >= 0.3 is 0 Å². The zero-order valence-electron chi connectivity index (χ0n) is 12.1. The lowest BCUT2D eigenvalue weighted by molar-refractivity contribution is 0.0358. The van der Waals surface area contributed by atoms with Gasteiger partial charge in [0.05, 0.1) is 19.8 Å². The minimum Gasteiger partial charge on any atom is -0.494 e. The molecule has 1 fully saturated rings. The zero-order chi connectivity index (χ0) is 14.3. The third-order valence-corrected chi connectivity index (χ3v) is 4.45. The van der Waals surface area contributed by atoms with Gasteiger partial charge in [-0.2, -0.15) is 0 Å². The van der Waals surface area contributed by atoms with Crippen LogP contribution in [0.15, 0.2) is 36.4 Å². The number of benzene rings is 1. The van der Waals surface area contributed by atoms with Crippen molar-refractivity contribution in [3.05, 3.63) is 41.8 Å². The van der Waals surface area contributed by atoms with E-state index in [9.17, 15) is 0 Å². The summed E-state index contributed by atoms with van der Waals surface area (Å²) in [5, 5.41) is 3.11. The van der Waals surface area contributed by atoms with Gasteiger partial charge in [0.1, 0.15) is 5.75 Å². The highest BCUT2D eigenvalue weighted by molar-refractivity contribution is 7.13. The van der Waals surface area contributed by atoms with Crippen LogP contribution in [-0.4, -0.2) is 44.4 Å². The van der Waals surface area contributed by atoms with Gasteiger partial charge in [0.15, 0.2) is 0 Å². The third kappa shape index (κ3) is 4.30. The number of nitrogens with zero attached hydrogens (tertiary/aromatic N) is 1. The summed E-state index contributed by atoms with van der Waals surface area (Å²) < 4.78 is 11.1. The van der Waals surface area contributed by atoms with Crippen LogP contribution in [-0.2, 0) is 4.74 Å². The Bertz CT molecular complexity index is 518. The predicted molar refractivity (Wildman–Crippen MR) is 86.0 cm³/mol. The van der Waals surface area contributed by atoms with Crippen molar-refractivity contribution < 1.29 is 9.47 Å². The largest absolute Gasteiger partial charge is 0.494 e. The normalized spacial score (nSPS) is 16.0. The molecule has 0 N–H and O–H groups in total. The summed E-state index contributed by atoms with van der Waals surface area (Å²) >= 11 is 1.64. The molecule has 3 nitrogen and oxygen atoms in total. The van der Waals surface area contributed by atoms with Crippen molar-refractivity contribution in [1.29, 1.82) is 0 Å². The Hall–Kier alpha value is -1.36. The molecule has 0 unspecified atom stereocenters. The lowest BCUT2D eigenvalue weighted by Crippen LogP contribution is -2.37. The molecule has 4 heteroatoms. The second kappa shape index (κ2) is 7.59. The molecule has 1 aliphatic heterocycles. The van der Waals surface area contributed by atoms with Crippen LogP contribution in [0.25, 0.3) is 10.4 Å². The number of rotatable bonds is 6. The van der Waals surface area contributed by atoms with Gasteiger partial charge in [0.2, 0.25) is 0 Å². The minimum atomic E-state index is 0.767. The molecule has 2 aromatic rings. The maximum atomic E-state index is 5.81. The quantitative estimate of drug-likeness (QED) is 0.764. The first kappa shape index (κ1) is 14.6. The van der Waals surface area contributed by atoms with Crippen molar-refractivity contribution in [2.75, 3.05) is 39.5 Å². The second-order valence-electron chi connectivity index (χ2n) is 5.10. The smallest absolute Gasteiger partial charge is 0.119 e. The summed E-state index contributed by atoms with van der Waals surface area (Å²) in [6, 6.07) is 12.3. The molecule has 0 bridgehead atoms. The van der Waals surface area contributed by atoms with Gasteiger partial charge < -0.3 is 9.47 Å². The number of hydrogen-bond acceptors (Lipinski definition) is 4. The molecule has 0 atom stereocenters. The molecule has 0 spiro atoms. The van der Waals surface area contributed by atoms with Gasteiger partial charge in [-0.1, -0.05) is 0 Å². The van der Waals surface area contributed by atoms with Gasteiger partial charge in [-0.05, 0) is 48.4 Å². The number of ether oxygens (including phenoxy) is 2. The maximum Gasteiger partial charge on any atom is 0.119 e. The van der Waals surface area contributed by atoms with Gasteiger partial charge in [-0.3, -0.25) is 4.90 Å². The van der Waals surface area contributed by atoms with Crippen molar-refractivity contribution in [1.82, 2.24) is 4.90 Å². The molecular formula is C17H20NO2S. The Kier molecular flexibility index (Phi) is 5.27. The van der Waals surface area contributed by atoms with Crippen LogP contribution in [0.2, 0.25) is 0 Å². The fraction of sp³-hybridized carbons (Fsp3) is 0.412. The van der Waals surface area contributed by atoms with Crippen LogP contribution < -0.4 is 4.74 Å². The SMILES string of the molecule is [c]1ccc(-c2ccc(OCCCN3CCOCC3)cc2)s1. The van der Waals surface area contributed by atoms with Crippen LogP contribution >= 0.6 is 11.3 Å². The van der Waals surface area contributed by atoms with E-state index >= 15 is 0 Å². The summed E-state index contributed by atoms with van der Waals surface area (Å²) in [6.45, 7) is 5.68. The van der Waals surface area contributed by atoms with Crippen LogP contribution in [0.5, 0.6) is 5.75 Å². The van der Waals surface area contributed by atoms with Crippen molar-refractivity contribution in [3.63, 3.8) is 0 Å². The van der Waals surface area contributed by atoms with E-state index in [1.807, 2.05) is 18.2 Å². The Balaban J connectivity index is 1.41. The molecule has 2 heterocycles. The average Bonchev–Trinajstić information content (AvgIpc) is 3.08. The first-order chi connectivity index (χ1) is 10.4. The molecule has 1 aliphatic rings. The van der Waals surface area contributed by atoms with Gasteiger partial charge in [0.25, 0.3) is 0 Å². The standard InChI is InChI=1S/C17H20NO2S/c1-3-17(21-14-1)15-4-6-16(7-5-15)20-11-2-8-18-9-12-19-13-10-18/h1,3-7H,2,8-13H2. The van der Waals surface area contributed by atoms with E-state index in [2.05, 4.69) is 28.5 Å². The molecule has 0 aliphatic carbocycles. The summed E-state index contributed by atoms with van der Waals surface area (Å²) in [7, 11) is 0. The van der Waals surface area contributed by atoms with Crippen LogP contribution in [0.1, 0.15) is 6.42 Å². The van der Waals surface area contributed by atoms with E-state index in [1.165, 1.54) is 10.4 Å². The van der Waals surface area contributed by atoms with Crippen molar-refractivity contribution in [2.45, 2.75) is 6.42 Å². The molecule has 1 saturated heterocycles. The zero-order valence-corrected chi connectivity index (χ0v) is 12.9. The highest BCUT2D eigenvalue weighted by Gasteiger charge is 2.09. The molecule has 1 radical (unpaired) electrons. The van der Waals surface area contributed by atoms with E-state index in [-0.39, 0.29) is 0 Å². The van der Waals surface area contributed by atoms with E-state index in [1.54, 1.807) is 11.3 Å². The van der Waals surface area contributed by atoms with Crippen LogP contribution in [0.4, 0.5) is 0 Å². The molecule has 3 rings (SSSR count). The fourth-order valence-corrected chi connectivity index (χ4v) is 3.07. The predicted octanol–water partition coefficient (Wildman–Crippen LogP) is 3.32. The summed E-state index contributed by atoms with van der Waals surface area (Å²) in [5.41, 5.74) is 1.22. The highest BCUT2D eigenvalue weighted by Crippen LogP contribution is 2.26. The van der Waals surface area contributed by atoms with E-state index < -0.39 is 0 Å². The molecular weight excluding hydrogens is 282 g/mol. The van der Waals surface area contributed by atoms with Crippen LogP contribution in [0, 0.1) is 5.38 Å². The van der Waals surface area contributed by atoms with Gasteiger partial charge in [0, 0.05) is 29.9 Å². The first-order valence-corrected chi connectivity index (χ1v) is 8.23. The maximum absolute atomic E-state index is 5.81. The Morgan fingerprint density at radius 3 is 2.67 bits per heavy atom. The molecule has 1 aromatic carbocycles. The highest BCUT2D eigenvalue weighted by atomic mass is 32.1. The monoisotopic (exact) mass is 302 g/mol. The lowest BCUT2D eigenvalue weighted by atomic mass is 10.2. The summed E-state index contributed by atoms with van der Waals surface area (Å²) in [5.74, 6) is 0.946. The summed E-state index contributed by atoms with van der Waals surface area (Å²) in [4.78, 5) is 3.68. The van der Waals surface area contributed by atoms with E-state index in [0.29, 0.717) is 0 Å². The molecule has 1 aromatic heterocycles. The Morgan fingerprint density at radius 2 is 1.95 bits per heavy atom. The average molecular weight is 302 g/mol. The first-order valence-electron chi connectivity index (χ1n) is 7.41. The molecule has 0 amide bonds. The van der Waals surface area contributed by atoms with Gasteiger partial charge in [-0.25, -0.2) is 0 Å². The van der Waals surface area contributed by atoms with E-state index in [0.717, 1.165) is 51.6 Å².